The molecule has 3 rings (SSSR count). The predicted octanol–water partition coefficient (Wildman–Crippen LogP) is 4.06. The van der Waals surface area contributed by atoms with E-state index in [1.165, 1.54) is 5.56 Å². The van der Waals surface area contributed by atoms with Crippen molar-refractivity contribution < 1.29 is 14.3 Å². The zero-order chi connectivity index (χ0) is 19.9. The normalized spacial score (nSPS) is 17.0. The fourth-order valence-electron chi connectivity index (χ4n) is 3.18. The lowest BCUT2D eigenvalue weighted by molar-refractivity contribution is -0.127. The van der Waals surface area contributed by atoms with Crippen LogP contribution in [0.25, 0.3) is 0 Å². The molecule has 1 aliphatic heterocycles. The lowest BCUT2D eigenvalue weighted by Crippen LogP contribution is -2.45. The molecule has 2 atom stereocenters. The molecule has 0 bridgehead atoms. The second kappa shape index (κ2) is 10.3. The summed E-state index contributed by atoms with van der Waals surface area (Å²) in [6.07, 6.45) is -0.626. The molecule has 2 unspecified atom stereocenters. The number of carbonyl (C=O) groups is 1. The van der Waals surface area contributed by atoms with E-state index in [9.17, 15) is 4.79 Å². The maximum absolute atomic E-state index is 12.6. The second-order valence-electron chi connectivity index (χ2n) is 6.65. The van der Waals surface area contributed by atoms with Crippen LogP contribution in [0.3, 0.4) is 0 Å². The Balaban J connectivity index is 1.62. The molecule has 28 heavy (non-hydrogen) atoms. The molecule has 0 aromatic heterocycles. The van der Waals surface area contributed by atoms with Crippen LogP contribution >= 0.6 is 27.5 Å². The quantitative estimate of drug-likeness (QED) is 0.667. The highest BCUT2D eigenvalue weighted by Crippen LogP contribution is 2.29. The van der Waals surface area contributed by atoms with Crippen molar-refractivity contribution in [2.45, 2.75) is 19.1 Å². The van der Waals surface area contributed by atoms with Gasteiger partial charge in [0.15, 0.2) is 6.10 Å². The van der Waals surface area contributed by atoms with Crippen molar-refractivity contribution in [1.82, 2.24) is 10.2 Å². The molecule has 1 heterocycles. The second-order valence-corrected chi connectivity index (χ2v) is 7.95. The molecular formula is C21H24BrClN2O3. The third-order valence-corrected chi connectivity index (χ3v) is 5.56. The van der Waals surface area contributed by atoms with Gasteiger partial charge in [0.2, 0.25) is 0 Å². The summed E-state index contributed by atoms with van der Waals surface area (Å²) in [6.45, 7) is 5.36. The van der Waals surface area contributed by atoms with Crippen LogP contribution < -0.4 is 10.1 Å². The first-order valence-electron chi connectivity index (χ1n) is 9.31. The molecule has 1 saturated heterocycles. The minimum Gasteiger partial charge on any atom is -0.480 e. The van der Waals surface area contributed by atoms with Crippen LogP contribution in [0.1, 0.15) is 18.5 Å². The molecule has 150 valence electrons. The maximum atomic E-state index is 12.6. The monoisotopic (exact) mass is 466 g/mol. The van der Waals surface area contributed by atoms with Crippen molar-refractivity contribution in [2.75, 3.05) is 32.8 Å². The number of morpholine rings is 1. The van der Waals surface area contributed by atoms with E-state index in [1.54, 1.807) is 25.1 Å². The molecule has 0 radical (unpaired) electrons. The van der Waals surface area contributed by atoms with Gasteiger partial charge in [0.05, 0.1) is 23.7 Å². The van der Waals surface area contributed by atoms with Gasteiger partial charge in [-0.15, -0.1) is 0 Å². The first-order chi connectivity index (χ1) is 13.5. The van der Waals surface area contributed by atoms with E-state index in [0.29, 0.717) is 30.5 Å². The largest absolute Gasteiger partial charge is 0.480 e. The number of halogens is 2. The third kappa shape index (κ3) is 5.70. The van der Waals surface area contributed by atoms with Gasteiger partial charge < -0.3 is 14.8 Å². The molecule has 0 saturated carbocycles. The summed E-state index contributed by atoms with van der Waals surface area (Å²) in [6, 6.07) is 15.6. The first kappa shape index (κ1) is 21.1. The molecular weight excluding hydrogens is 444 g/mol. The van der Waals surface area contributed by atoms with E-state index in [0.717, 1.165) is 17.6 Å². The van der Waals surface area contributed by atoms with E-state index in [4.69, 9.17) is 21.1 Å². The Morgan fingerprint density at radius 3 is 2.64 bits per heavy atom. The van der Waals surface area contributed by atoms with Crippen molar-refractivity contribution in [3.8, 4) is 5.75 Å². The van der Waals surface area contributed by atoms with Crippen molar-refractivity contribution in [2.24, 2.45) is 0 Å². The number of nitrogens with one attached hydrogen (secondary N) is 1. The molecule has 2 aromatic carbocycles. The number of hydrogen-bond acceptors (Lipinski definition) is 4. The number of hydrogen-bond donors (Lipinski definition) is 1. The zero-order valence-corrected chi connectivity index (χ0v) is 18.1. The van der Waals surface area contributed by atoms with Gasteiger partial charge in [0.25, 0.3) is 5.91 Å². The van der Waals surface area contributed by atoms with Gasteiger partial charge in [0, 0.05) is 24.7 Å². The summed E-state index contributed by atoms with van der Waals surface area (Å²) in [4.78, 5) is 15.0. The highest BCUT2D eigenvalue weighted by atomic mass is 79.9. The Bertz CT molecular complexity index is 784. The van der Waals surface area contributed by atoms with Crippen LogP contribution in [-0.2, 0) is 9.53 Å². The zero-order valence-electron chi connectivity index (χ0n) is 15.7. The molecule has 1 N–H and O–H groups in total. The lowest BCUT2D eigenvalue weighted by Gasteiger charge is -2.35. The Morgan fingerprint density at radius 1 is 1.25 bits per heavy atom. The van der Waals surface area contributed by atoms with Gasteiger partial charge in [-0.05, 0) is 46.6 Å². The predicted molar refractivity (Wildman–Crippen MR) is 114 cm³/mol. The number of nitrogens with zero attached hydrogens (tertiary/aromatic N) is 1. The SMILES string of the molecule is CC(Oc1ccc(Cl)cc1Br)C(=O)NCC(c1ccccc1)N1CCOCC1. The van der Waals surface area contributed by atoms with Crippen molar-refractivity contribution in [1.29, 1.82) is 0 Å². The minimum atomic E-state index is -0.626. The fraction of sp³-hybridized carbons (Fsp3) is 0.381. The highest BCUT2D eigenvalue weighted by molar-refractivity contribution is 9.10. The number of benzene rings is 2. The molecule has 2 aromatic rings. The number of carbonyl (C=O) groups excluding carboxylic acids is 1. The molecule has 1 aliphatic rings. The van der Waals surface area contributed by atoms with Crippen LogP contribution in [0, 0.1) is 0 Å². The Hall–Kier alpha value is -1.60. The van der Waals surface area contributed by atoms with Gasteiger partial charge >= 0.3 is 0 Å². The number of rotatable bonds is 7. The lowest BCUT2D eigenvalue weighted by atomic mass is 10.0. The number of ether oxygens (including phenoxy) is 2. The van der Waals surface area contributed by atoms with E-state index in [1.807, 2.05) is 18.2 Å². The van der Waals surface area contributed by atoms with Crippen LogP contribution in [0.2, 0.25) is 5.02 Å². The fourth-order valence-corrected chi connectivity index (χ4v) is 3.95. The standard InChI is InChI=1S/C21H24BrClN2O3/c1-15(28-20-8-7-17(23)13-18(20)22)21(26)24-14-19(16-5-3-2-4-6-16)25-9-11-27-12-10-25/h2-8,13,15,19H,9-12,14H2,1H3,(H,24,26). The smallest absolute Gasteiger partial charge is 0.260 e. The first-order valence-corrected chi connectivity index (χ1v) is 10.5. The average molecular weight is 468 g/mol. The third-order valence-electron chi connectivity index (χ3n) is 4.71. The summed E-state index contributed by atoms with van der Waals surface area (Å²) in [5, 5.41) is 3.65. The van der Waals surface area contributed by atoms with E-state index >= 15 is 0 Å². The summed E-state index contributed by atoms with van der Waals surface area (Å²) in [5.74, 6) is 0.427. The molecule has 7 heteroatoms. The topological polar surface area (TPSA) is 50.8 Å². The van der Waals surface area contributed by atoms with E-state index in [2.05, 4.69) is 38.3 Å². The van der Waals surface area contributed by atoms with Gasteiger partial charge in [-0.25, -0.2) is 0 Å². The minimum absolute atomic E-state index is 0.100. The van der Waals surface area contributed by atoms with Gasteiger partial charge in [-0.1, -0.05) is 41.9 Å². The van der Waals surface area contributed by atoms with Crippen LogP contribution in [0.4, 0.5) is 0 Å². The Kier molecular flexibility index (Phi) is 7.73. The van der Waals surface area contributed by atoms with Gasteiger partial charge in [-0.3, -0.25) is 9.69 Å². The molecule has 5 nitrogen and oxygen atoms in total. The summed E-state index contributed by atoms with van der Waals surface area (Å²) in [5.41, 5.74) is 1.18. The summed E-state index contributed by atoms with van der Waals surface area (Å²) >= 11 is 9.36. The van der Waals surface area contributed by atoms with E-state index < -0.39 is 6.10 Å². The summed E-state index contributed by atoms with van der Waals surface area (Å²) in [7, 11) is 0. The molecule has 0 spiro atoms. The average Bonchev–Trinajstić information content (AvgIpc) is 2.71. The van der Waals surface area contributed by atoms with Gasteiger partial charge in [0.1, 0.15) is 5.75 Å². The highest BCUT2D eigenvalue weighted by Gasteiger charge is 2.24. The van der Waals surface area contributed by atoms with Crippen LogP contribution in [-0.4, -0.2) is 49.8 Å². The summed E-state index contributed by atoms with van der Waals surface area (Å²) < 4.78 is 12.0. The Morgan fingerprint density at radius 2 is 1.96 bits per heavy atom. The van der Waals surface area contributed by atoms with Crippen molar-refractivity contribution in [3.05, 3.63) is 63.6 Å². The van der Waals surface area contributed by atoms with E-state index in [-0.39, 0.29) is 11.9 Å². The molecule has 1 amide bonds. The number of amides is 1. The van der Waals surface area contributed by atoms with Crippen LogP contribution in [0.5, 0.6) is 5.75 Å². The van der Waals surface area contributed by atoms with Gasteiger partial charge in [-0.2, -0.15) is 0 Å². The van der Waals surface area contributed by atoms with Crippen molar-refractivity contribution in [3.63, 3.8) is 0 Å². The Labute approximate surface area is 179 Å². The maximum Gasteiger partial charge on any atom is 0.260 e. The van der Waals surface area contributed by atoms with Crippen LogP contribution in [0.15, 0.2) is 53.0 Å². The van der Waals surface area contributed by atoms with Crippen molar-refractivity contribution >= 4 is 33.4 Å². The molecule has 1 fully saturated rings. The molecule has 0 aliphatic carbocycles.